The molecule has 0 unspecified atom stereocenters. The zero-order valence-electron chi connectivity index (χ0n) is 11.4. The van der Waals surface area contributed by atoms with Crippen LogP contribution >= 0.6 is 0 Å². The predicted octanol–water partition coefficient (Wildman–Crippen LogP) is 2.14. The molecule has 0 radical (unpaired) electrons. The minimum absolute atomic E-state index is 0.103. The van der Waals surface area contributed by atoms with Gasteiger partial charge in [0, 0.05) is 31.2 Å². The van der Waals surface area contributed by atoms with Crippen LogP contribution in [0.1, 0.15) is 0 Å². The molecule has 0 amide bonds. The van der Waals surface area contributed by atoms with E-state index in [0.29, 0.717) is 0 Å². The maximum absolute atomic E-state index is 11.2. The lowest BCUT2D eigenvalue weighted by molar-refractivity contribution is 0.598. The van der Waals surface area contributed by atoms with Crippen LogP contribution in [-0.2, 0) is 10.0 Å². The average Bonchev–Trinajstić information content (AvgIpc) is 2.39. The average molecular weight is 291 g/mol. The third-order valence-electron chi connectivity index (χ3n) is 2.86. The number of hydrogen-bond acceptors (Lipinski definition) is 4. The topological polar surface area (TPSA) is 75.4 Å². The number of hydrogen-bond donors (Lipinski definition) is 2. The lowest BCUT2D eigenvalue weighted by atomic mass is 10.2. The molecule has 0 fully saturated rings. The molecule has 0 spiro atoms. The number of nitrogens with one attached hydrogen (secondary N) is 1. The molecule has 0 atom stereocenters. The van der Waals surface area contributed by atoms with Gasteiger partial charge in [-0.1, -0.05) is 0 Å². The summed E-state index contributed by atoms with van der Waals surface area (Å²) in [6.07, 6.45) is 0. The van der Waals surface area contributed by atoms with Crippen LogP contribution in [0.3, 0.4) is 0 Å². The maximum atomic E-state index is 11.2. The summed E-state index contributed by atoms with van der Waals surface area (Å²) in [5, 5.41) is 8.25. The molecule has 2 rings (SSSR count). The van der Waals surface area contributed by atoms with Crippen molar-refractivity contribution in [3.8, 4) is 0 Å². The summed E-state index contributed by atoms with van der Waals surface area (Å²) in [5.74, 6) is 0. The normalized spacial score (nSPS) is 11.2. The van der Waals surface area contributed by atoms with Gasteiger partial charge in [-0.2, -0.15) is 0 Å². The third kappa shape index (κ3) is 3.49. The van der Waals surface area contributed by atoms with Gasteiger partial charge in [0.05, 0.1) is 4.90 Å². The minimum Gasteiger partial charge on any atom is -0.378 e. The van der Waals surface area contributed by atoms with Crippen LogP contribution in [0.5, 0.6) is 0 Å². The van der Waals surface area contributed by atoms with Crippen LogP contribution in [0.4, 0.5) is 17.1 Å². The van der Waals surface area contributed by atoms with Gasteiger partial charge in [-0.3, -0.25) is 0 Å². The van der Waals surface area contributed by atoms with Gasteiger partial charge in [0.1, 0.15) is 0 Å². The van der Waals surface area contributed by atoms with Gasteiger partial charge in [-0.05, 0) is 48.5 Å². The van der Waals surface area contributed by atoms with Crippen molar-refractivity contribution in [3.05, 3.63) is 48.5 Å². The van der Waals surface area contributed by atoms with E-state index in [4.69, 9.17) is 5.14 Å². The summed E-state index contributed by atoms with van der Waals surface area (Å²) < 4.78 is 22.3. The predicted molar refractivity (Wildman–Crippen MR) is 81.9 cm³/mol. The number of primary sulfonamides is 1. The minimum atomic E-state index is -3.64. The summed E-state index contributed by atoms with van der Waals surface area (Å²) in [5.41, 5.74) is 2.84. The van der Waals surface area contributed by atoms with Crippen molar-refractivity contribution in [1.82, 2.24) is 0 Å². The molecule has 20 heavy (non-hydrogen) atoms. The quantitative estimate of drug-likeness (QED) is 0.905. The summed E-state index contributed by atoms with van der Waals surface area (Å²) >= 11 is 0. The van der Waals surface area contributed by atoms with E-state index in [1.807, 2.05) is 43.3 Å². The van der Waals surface area contributed by atoms with E-state index < -0.39 is 10.0 Å². The third-order valence-corrected chi connectivity index (χ3v) is 3.78. The van der Waals surface area contributed by atoms with Crippen LogP contribution in [0.15, 0.2) is 53.4 Å². The van der Waals surface area contributed by atoms with E-state index in [1.165, 1.54) is 12.1 Å². The second-order valence-electron chi connectivity index (χ2n) is 4.64. The Kier molecular flexibility index (Phi) is 3.96. The molecular weight excluding hydrogens is 274 g/mol. The van der Waals surface area contributed by atoms with Crippen molar-refractivity contribution in [1.29, 1.82) is 0 Å². The fourth-order valence-corrected chi connectivity index (χ4v) is 2.25. The van der Waals surface area contributed by atoms with E-state index in [9.17, 15) is 8.42 Å². The van der Waals surface area contributed by atoms with Crippen LogP contribution in [0.25, 0.3) is 0 Å². The molecule has 6 heteroatoms. The van der Waals surface area contributed by atoms with E-state index >= 15 is 0 Å². The van der Waals surface area contributed by atoms with Crippen molar-refractivity contribution in [2.75, 3.05) is 24.3 Å². The van der Waals surface area contributed by atoms with Crippen LogP contribution in [0.2, 0.25) is 0 Å². The Morgan fingerprint density at radius 2 is 1.35 bits per heavy atom. The number of rotatable bonds is 4. The zero-order valence-corrected chi connectivity index (χ0v) is 12.2. The van der Waals surface area contributed by atoms with Crippen molar-refractivity contribution >= 4 is 27.1 Å². The maximum Gasteiger partial charge on any atom is 0.238 e. The number of nitrogens with two attached hydrogens (primary N) is 1. The number of benzene rings is 2. The molecule has 3 N–H and O–H groups in total. The number of nitrogens with zero attached hydrogens (tertiary/aromatic N) is 1. The summed E-state index contributed by atoms with van der Waals surface area (Å²) in [4.78, 5) is 2.12. The number of anilines is 3. The molecule has 0 heterocycles. The van der Waals surface area contributed by atoms with Gasteiger partial charge >= 0.3 is 0 Å². The highest BCUT2D eigenvalue weighted by atomic mass is 32.2. The van der Waals surface area contributed by atoms with Gasteiger partial charge in [0.15, 0.2) is 0 Å². The largest absolute Gasteiger partial charge is 0.378 e. The highest BCUT2D eigenvalue weighted by Crippen LogP contribution is 2.21. The first-order valence-corrected chi connectivity index (χ1v) is 7.58. The van der Waals surface area contributed by atoms with Gasteiger partial charge in [0.25, 0.3) is 0 Å². The smallest absolute Gasteiger partial charge is 0.238 e. The van der Waals surface area contributed by atoms with Crippen LogP contribution < -0.4 is 15.4 Å². The molecule has 0 saturated heterocycles. The molecular formula is C14H17N3O2S. The van der Waals surface area contributed by atoms with Gasteiger partial charge in [-0.25, -0.2) is 13.6 Å². The van der Waals surface area contributed by atoms with Crippen LogP contribution in [-0.4, -0.2) is 22.5 Å². The number of sulfonamides is 1. The van der Waals surface area contributed by atoms with E-state index in [1.54, 1.807) is 12.1 Å². The standard InChI is InChI=1S/C14H17N3O2S/c1-17(2)13-7-3-11(4-8-13)16-12-5-9-14(10-6-12)20(15,18)19/h3-10,16H,1-2H3,(H2,15,18,19). The van der Waals surface area contributed by atoms with E-state index in [2.05, 4.69) is 5.32 Å². The van der Waals surface area contributed by atoms with E-state index in [-0.39, 0.29) is 4.90 Å². The highest BCUT2D eigenvalue weighted by Gasteiger charge is 2.06. The van der Waals surface area contributed by atoms with Crippen molar-refractivity contribution in [2.45, 2.75) is 4.90 Å². The molecule has 2 aromatic carbocycles. The fourth-order valence-electron chi connectivity index (χ4n) is 1.74. The van der Waals surface area contributed by atoms with Crippen molar-refractivity contribution in [2.24, 2.45) is 5.14 Å². The zero-order chi connectivity index (χ0) is 14.8. The second kappa shape index (κ2) is 5.52. The Morgan fingerprint density at radius 1 is 0.900 bits per heavy atom. The SMILES string of the molecule is CN(C)c1ccc(Nc2ccc(S(N)(=O)=O)cc2)cc1. The second-order valence-corrected chi connectivity index (χ2v) is 6.20. The molecule has 0 saturated carbocycles. The lowest BCUT2D eigenvalue weighted by Gasteiger charge is -2.13. The molecule has 0 aromatic heterocycles. The molecule has 5 nitrogen and oxygen atoms in total. The molecule has 0 aliphatic rings. The Hall–Kier alpha value is -2.05. The summed E-state index contributed by atoms with van der Waals surface area (Å²) in [6.45, 7) is 0. The Labute approximate surface area is 119 Å². The Balaban J connectivity index is 2.14. The van der Waals surface area contributed by atoms with Gasteiger partial charge < -0.3 is 10.2 Å². The lowest BCUT2D eigenvalue weighted by Crippen LogP contribution is -2.11. The summed E-state index contributed by atoms with van der Waals surface area (Å²) in [6, 6.07) is 14.2. The van der Waals surface area contributed by atoms with Gasteiger partial charge in [0.2, 0.25) is 10.0 Å². The Morgan fingerprint density at radius 3 is 1.75 bits per heavy atom. The first kappa shape index (κ1) is 14.4. The molecule has 2 aromatic rings. The fraction of sp³-hybridized carbons (Fsp3) is 0.143. The summed E-state index contributed by atoms with van der Waals surface area (Å²) in [7, 11) is 0.320. The Bertz CT molecular complexity index is 677. The molecule has 0 bridgehead atoms. The van der Waals surface area contributed by atoms with Crippen LogP contribution in [0, 0.1) is 0 Å². The first-order chi connectivity index (χ1) is 9.36. The molecule has 0 aliphatic carbocycles. The van der Waals surface area contributed by atoms with E-state index in [0.717, 1.165) is 17.1 Å². The van der Waals surface area contributed by atoms with Gasteiger partial charge in [-0.15, -0.1) is 0 Å². The first-order valence-electron chi connectivity index (χ1n) is 6.03. The van der Waals surface area contributed by atoms with Crippen molar-refractivity contribution in [3.63, 3.8) is 0 Å². The van der Waals surface area contributed by atoms with Crippen molar-refractivity contribution < 1.29 is 8.42 Å². The molecule has 0 aliphatic heterocycles. The highest BCUT2D eigenvalue weighted by molar-refractivity contribution is 7.89. The molecule has 106 valence electrons. The monoisotopic (exact) mass is 291 g/mol.